The third-order valence-electron chi connectivity index (χ3n) is 0.211. The summed E-state index contributed by atoms with van der Waals surface area (Å²) in [4.78, 5) is 27.1. The molecule has 0 radical (unpaired) electrons. The molecule has 0 saturated heterocycles. The molecule has 0 aliphatic rings. The van der Waals surface area contributed by atoms with Gasteiger partial charge in [-0.3, -0.25) is 4.79 Å². The molecule has 1 amide bonds. The second kappa shape index (κ2) is 9.28. The minimum atomic E-state index is 0.250. The molecule has 0 atom stereocenters. The van der Waals surface area contributed by atoms with Crippen LogP contribution in [0.15, 0.2) is 0 Å². The highest BCUT2D eigenvalue weighted by Gasteiger charge is 1.68. The van der Waals surface area contributed by atoms with E-state index in [-0.39, 0.29) is 6.15 Å². The standard InChI is InChI=1S/C3H7NO.CO2/c1-4(2)3-5;2-1-3/h3H,1-2H3;. The molecule has 0 rings (SSSR count). The number of carbonyl (C=O) groups excluding carboxylic acids is 3. The quantitative estimate of drug-likeness (QED) is 0.419. The van der Waals surface area contributed by atoms with Crippen LogP contribution in [-0.4, -0.2) is 31.6 Å². The normalized spacial score (nSPS) is 5.25. The van der Waals surface area contributed by atoms with Crippen molar-refractivity contribution >= 4 is 12.6 Å². The zero-order valence-corrected chi connectivity index (χ0v) is 4.75. The Balaban J connectivity index is 0. The number of carbonyl (C=O) groups is 1. The molecule has 0 aromatic rings. The summed E-state index contributed by atoms with van der Waals surface area (Å²) in [5, 5.41) is 0. The third kappa shape index (κ3) is 99.5. The first-order chi connectivity index (χ1) is 3.68. The van der Waals surface area contributed by atoms with Crippen molar-refractivity contribution in [2.45, 2.75) is 0 Å². The highest BCUT2D eigenvalue weighted by molar-refractivity contribution is 5.45. The Morgan fingerprint density at radius 3 is 1.50 bits per heavy atom. The molecule has 8 heavy (non-hydrogen) atoms. The van der Waals surface area contributed by atoms with Crippen molar-refractivity contribution in [2.24, 2.45) is 0 Å². The van der Waals surface area contributed by atoms with Crippen molar-refractivity contribution in [1.29, 1.82) is 0 Å². The molecule has 4 nitrogen and oxygen atoms in total. The summed E-state index contributed by atoms with van der Waals surface area (Å²) >= 11 is 0. The van der Waals surface area contributed by atoms with Gasteiger partial charge in [0.2, 0.25) is 6.41 Å². The maximum absolute atomic E-state index is 9.43. The monoisotopic (exact) mass is 117 g/mol. The number of nitrogens with zero attached hydrogens (tertiary/aromatic N) is 1. The van der Waals surface area contributed by atoms with E-state index in [0.717, 1.165) is 6.41 Å². The van der Waals surface area contributed by atoms with E-state index in [0.29, 0.717) is 0 Å². The van der Waals surface area contributed by atoms with Gasteiger partial charge in [-0.05, 0) is 0 Å². The Morgan fingerprint density at radius 1 is 1.38 bits per heavy atom. The molecule has 0 bridgehead atoms. The summed E-state index contributed by atoms with van der Waals surface area (Å²) < 4.78 is 0. The van der Waals surface area contributed by atoms with Crippen molar-refractivity contribution in [3.05, 3.63) is 0 Å². The van der Waals surface area contributed by atoms with Crippen LogP contribution < -0.4 is 0 Å². The van der Waals surface area contributed by atoms with E-state index < -0.39 is 0 Å². The molecular weight excluding hydrogens is 110 g/mol. The summed E-state index contributed by atoms with van der Waals surface area (Å²) in [5.41, 5.74) is 0. The Morgan fingerprint density at radius 2 is 1.50 bits per heavy atom. The van der Waals surface area contributed by atoms with Crippen molar-refractivity contribution in [3.63, 3.8) is 0 Å². The van der Waals surface area contributed by atoms with Gasteiger partial charge in [-0.25, -0.2) is 0 Å². The fourth-order valence-electron chi connectivity index (χ4n) is 0. The maximum Gasteiger partial charge on any atom is 0.373 e. The number of rotatable bonds is 1. The van der Waals surface area contributed by atoms with E-state index in [9.17, 15) is 4.79 Å². The van der Waals surface area contributed by atoms with Gasteiger partial charge in [0.05, 0.1) is 0 Å². The molecule has 0 N–H and O–H groups in total. The fraction of sp³-hybridized carbons (Fsp3) is 0.500. The topological polar surface area (TPSA) is 54.5 Å². The lowest BCUT2D eigenvalue weighted by Gasteiger charge is -1.93. The van der Waals surface area contributed by atoms with Gasteiger partial charge in [-0.15, -0.1) is 0 Å². The van der Waals surface area contributed by atoms with E-state index in [2.05, 4.69) is 0 Å². The van der Waals surface area contributed by atoms with Crippen molar-refractivity contribution in [1.82, 2.24) is 4.90 Å². The maximum atomic E-state index is 9.43. The fourth-order valence-corrected chi connectivity index (χ4v) is 0. The van der Waals surface area contributed by atoms with E-state index in [1.54, 1.807) is 14.1 Å². The lowest BCUT2D eigenvalue weighted by molar-refractivity contribution is -0.191. The molecule has 4 heteroatoms. The molecular formula is C4H7NO3. The molecule has 0 saturated carbocycles. The van der Waals surface area contributed by atoms with E-state index in [1.807, 2.05) is 0 Å². The zero-order chi connectivity index (χ0) is 6.99. The predicted octanol–water partition coefficient (Wildman–Crippen LogP) is -0.879. The average Bonchev–Trinajstić information content (AvgIpc) is 1.69. The van der Waals surface area contributed by atoms with Gasteiger partial charge < -0.3 is 4.90 Å². The number of amides is 1. The minimum absolute atomic E-state index is 0.250. The highest BCUT2D eigenvalue weighted by Crippen LogP contribution is 1.52. The second-order valence-corrected chi connectivity index (χ2v) is 1.15. The summed E-state index contributed by atoms with van der Waals surface area (Å²) in [6.07, 6.45) is 1.00. The summed E-state index contributed by atoms with van der Waals surface area (Å²) in [5.74, 6) is 0. The molecule has 46 valence electrons. The Hall–Kier alpha value is -1.15. The number of hydrogen-bond acceptors (Lipinski definition) is 3. The van der Waals surface area contributed by atoms with Crippen LogP contribution in [0, 0.1) is 0 Å². The van der Waals surface area contributed by atoms with Crippen LogP contribution in [0.1, 0.15) is 0 Å². The van der Waals surface area contributed by atoms with Gasteiger partial charge in [-0.2, -0.15) is 9.59 Å². The van der Waals surface area contributed by atoms with Crippen molar-refractivity contribution in [2.75, 3.05) is 14.1 Å². The van der Waals surface area contributed by atoms with Gasteiger partial charge in [0.15, 0.2) is 0 Å². The van der Waals surface area contributed by atoms with E-state index in [4.69, 9.17) is 9.59 Å². The lowest BCUT2D eigenvalue weighted by atomic mass is 11.0. The average molecular weight is 117 g/mol. The molecule has 0 heterocycles. The molecule has 0 aliphatic heterocycles. The van der Waals surface area contributed by atoms with E-state index >= 15 is 0 Å². The summed E-state index contributed by atoms with van der Waals surface area (Å²) in [6, 6.07) is 0. The summed E-state index contributed by atoms with van der Waals surface area (Å²) in [6.45, 7) is 0. The van der Waals surface area contributed by atoms with Crippen LogP contribution in [0.3, 0.4) is 0 Å². The Bertz CT molecular complexity index is 83.3. The molecule has 0 aliphatic carbocycles. The van der Waals surface area contributed by atoms with Crippen LogP contribution in [0.2, 0.25) is 0 Å². The third-order valence-corrected chi connectivity index (χ3v) is 0.211. The van der Waals surface area contributed by atoms with Gasteiger partial charge in [0, 0.05) is 14.1 Å². The first-order valence-corrected chi connectivity index (χ1v) is 1.80. The van der Waals surface area contributed by atoms with Gasteiger partial charge >= 0.3 is 6.15 Å². The number of hydrogen-bond donors (Lipinski definition) is 0. The first kappa shape index (κ1) is 9.97. The first-order valence-electron chi connectivity index (χ1n) is 1.80. The molecule has 0 aromatic carbocycles. The molecule has 0 spiro atoms. The van der Waals surface area contributed by atoms with Crippen LogP contribution >= 0.6 is 0 Å². The highest BCUT2D eigenvalue weighted by atomic mass is 16.2. The van der Waals surface area contributed by atoms with Gasteiger partial charge in [-0.1, -0.05) is 0 Å². The SMILES string of the molecule is CN(C)C=O.O=C=O. The Kier molecular flexibility index (Phi) is 11.6. The second-order valence-electron chi connectivity index (χ2n) is 1.15. The van der Waals surface area contributed by atoms with Crippen molar-refractivity contribution < 1.29 is 14.4 Å². The van der Waals surface area contributed by atoms with Crippen LogP contribution in [0.5, 0.6) is 0 Å². The predicted molar refractivity (Wildman–Crippen MR) is 24.8 cm³/mol. The van der Waals surface area contributed by atoms with Crippen LogP contribution in [0.25, 0.3) is 0 Å². The van der Waals surface area contributed by atoms with Crippen LogP contribution in [-0.2, 0) is 14.4 Å². The van der Waals surface area contributed by atoms with Gasteiger partial charge in [0.1, 0.15) is 0 Å². The van der Waals surface area contributed by atoms with Crippen molar-refractivity contribution in [3.8, 4) is 0 Å². The molecule has 0 fully saturated rings. The van der Waals surface area contributed by atoms with Crippen LogP contribution in [0.4, 0.5) is 0 Å². The molecule has 0 unspecified atom stereocenters. The smallest absolute Gasteiger partial charge is 0.351 e. The largest absolute Gasteiger partial charge is 0.373 e. The molecule has 0 aromatic heterocycles. The minimum Gasteiger partial charge on any atom is -0.351 e. The van der Waals surface area contributed by atoms with E-state index in [1.165, 1.54) is 4.90 Å². The lowest BCUT2D eigenvalue weighted by Crippen LogP contribution is -2.06. The van der Waals surface area contributed by atoms with Gasteiger partial charge in [0.25, 0.3) is 0 Å². The summed E-state index contributed by atoms with van der Waals surface area (Å²) in [7, 11) is 3.38. The zero-order valence-electron chi connectivity index (χ0n) is 4.75. The Labute approximate surface area is 47.1 Å².